The fraction of sp³-hybridized carbons (Fsp3) is 0.368. The van der Waals surface area contributed by atoms with Gasteiger partial charge in [0.1, 0.15) is 12.4 Å². The minimum Gasteiger partial charge on any atom is -0.486 e. The average Bonchev–Trinajstić information content (AvgIpc) is 3.30. The molecule has 0 spiro atoms. The Morgan fingerprint density at radius 1 is 1.25 bits per heavy atom. The molecular weight excluding hydrogens is 398 g/mol. The molecule has 148 valence electrons. The summed E-state index contributed by atoms with van der Waals surface area (Å²) in [7, 11) is 0. The molecule has 0 fully saturated rings. The summed E-state index contributed by atoms with van der Waals surface area (Å²) in [5.74, 6) is 2.91. The lowest BCUT2D eigenvalue weighted by atomic mass is 10.2. The van der Waals surface area contributed by atoms with Crippen molar-refractivity contribution in [2.24, 2.45) is 0 Å². The van der Waals surface area contributed by atoms with E-state index < -0.39 is 0 Å². The Labute approximate surface area is 173 Å². The van der Waals surface area contributed by atoms with Crippen LogP contribution < -0.4 is 4.74 Å². The second-order valence-corrected chi connectivity index (χ2v) is 8.19. The standard InChI is InChI=1S/C19H22ClN5O2S/c1-5-10-25-16(11-26-15-8-6-14(20)7-9-15)22-23-19(25)28-13(4)18-21-17(12(2)3)24-27-18/h5-9,12-13H,1,10-11H2,2-4H3. The first-order chi connectivity index (χ1) is 13.5. The quantitative estimate of drug-likeness (QED) is 0.354. The summed E-state index contributed by atoms with van der Waals surface area (Å²) < 4.78 is 13.1. The minimum absolute atomic E-state index is 0.0576. The molecule has 0 N–H and O–H groups in total. The zero-order valence-corrected chi connectivity index (χ0v) is 17.6. The molecule has 7 nitrogen and oxygen atoms in total. The van der Waals surface area contributed by atoms with Crippen molar-refractivity contribution in [3.05, 3.63) is 59.5 Å². The van der Waals surface area contributed by atoms with Crippen molar-refractivity contribution >= 4 is 23.4 Å². The Morgan fingerprint density at radius 3 is 2.64 bits per heavy atom. The molecule has 0 aliphatic rings. The molecule has 0 aliphatic heterocycles. The van der Waals surface area contributed by atoms with Crippen molar-refractivity contribution in [1.29, 1.82) is 0 Å². The zero-order valence-electron chi connectivity index (χ0n) is 16.0. The summed E-state index contributed by atoms with van der Waals surface area (Å²) in [6, 6.07) is 7.20. The second kappa shape index (κ2) is 9.25. The maximum atomic E-state index is 5.90. The van der Waals surface area contributed by atoms with Crippen LogP contribution in [0.5, 0.6) is 5.75 Å². The van der Waals surface area contributed by atoms with Crippen LogP contribution >= 0.6 is 23.4 Å². The molecule has 0 saturated heterocycles. The van der Waals surface area contributed by atoms with Crippen LogP contribution in [0.3, 0.4) is 0 Å². The van der Waals surface area contributed by atoms with Crippen LogP contribution in [0.1, 0.15) is 49.5 Å². The first-order valence-electron chi connectivity index (χ1n) is 8.89. The molecule has 2 aromatic heterocycles. The van der Waals surface area contributed by atoms with Crippen LogP contribution in [0, 0.1) is 0 Å². The van der Waals surface area contributed by atoms with Gasteiger partial charge in [-0.2, -0.15) is 4.98 Å². The van der Waals surface area contributed by atoms with Crippen molar-refractivity contribution in [3.63, 3.8) is 0 Å². The van der Waals surface area contributed by atoms with Gasteiger partial charge in [-0.25, -0.2) is 0 Å². The number of halogens is 1. The van der Waals surface area contributed by atoms with Crippen LogP contribution in [0.2, 0.25) is 5.02 Å². The number of benzene rings is 1. The van der Waals surface area contributed by atoms with Gasteiger partial charge in [-0.1, -0.05) is 48.4 Å². The lowest BCUT2D eigenvalue weighted by Crippen LogP contribution is -2.08. The van der Waals surface area contributed by atoms with E-state index in [9.17, 15) is 0 Å². The first-order valence-corrected chi connectivity index (χ1v) is 10.1. The predicted octanol–water partition coefficient (Wildman–Crippen LogP) is 5.06. The molecule has 28 heavy (non-hydrogen) atoms. The lowest BCUT2D eigenvalue weighted by Gasteiger charge is -2.10. The molecule has 0 radical (unpaired) electrons. The first kappa shape index (κ1) is 20.4. The molecular formula is C19H22ClN5O2S. The predicted molar refractivity (Wildman–Crippen MR) is 109 cm³/mol. The summed E-state index contributed by atoms with van der Waals surface area (Å²) in [4.78, 5) is 4.46. The van der Waals surface area contributed by atoms with Gasteiger partial charge in [0.15, 0.2) is 16.8 Å². The van der Waals surface area contributed by atoms with E-state index in [-0.39, 0.29) is 17.8 Å². The molecule has 9 heteroatoms. The Balaban J connectivity index is 1.72. The molecule has 2 heterocycles. The second-order valence-electron chi connectivity index (χ2n) is 6.45. The number of ether oxygens (including phenoxy) is 1. The SMILES string of the molecule is C=CCn1c(COc2ccc(Cl)cc2)nnc1SC(C)c1nc(C(C)C)no1. The molecule has 1 aromatic carbocycles. The fourth-order valence-electron chi connectivity index (χ4n) is 2.36. The Bertz CT molecular complexity index is 923. The lowest BCUT2D eigenvalue weighted by molar-refractivity contribution is 0.289. The summed E-state index contributed by atoms with van der Waals surface area (Å²) in [5, 5.41) is 14.0. The summed E-state index contributed by atoms with van der Waals surface area (Å²) in [6.45, 7) is 10.7. The van der Waals surface area contributed by atoms with Gasteiger partial charge in [0.25, 0.3) is 0 Å². The van der Waals surface area contributed by atoms with E-state index in [1.54, 1.807) is 18.2 Å². The van der Waals surface area contributed by atoms with Gasteiger partial charge in [-0.15, -0.1) is 16.8 Å². The van der Waals surface area contributed by atoms with E-state index in [0.717, 1.165) is 5.16 Å². The van der Waals surface area contributed by atoms with Gasteiger partial charge in [0.05, 0.1) is 5.25 Å². The third kappa shape index (κ3) is 4.94. The molecule has 0 aliphatic carbocycles. The van der Waals surface area contributed by atoms with Gasteiger partial charge in [0.2, 0.25) is 5.89 Å². The highest BCUT2D eigenvalue weighted by atomic mass is 35.5. The maximum Gasteiger partial charge on any atom is 0.239 e. The smallest absolute Gasteiger partial charge is 0.239 e. The van der Waals surface area contributed by atoms with E-state index >= 15 is 0 Å². The highest BCUT2D eigenvalue weighted by molar-refractivity contribution is 7.99. The Kier molecular flexibility index (Phi) is 6.74. The maximum absolute atomic E-state index is 5.90. The Morgan fingerprint density at radius 2 is 2.00 bits per heavy atom. The van der Waals surface area contributed by atoms with Crippen LogP contribution in [-0.4, -0.2) is 24.9 Å². The molecule has 0 bridgehead atoms. The molecule has 1 atom stereocenters. The minimum atomic E-state index is -0.0576. The van der Waals surface area contributed by atoms with Crippen molar-refractivity contribution in [1.82, 2.24) is 24.9 Å². The number of hydrogen-bond donors (Lipinski definition) is 0. The van der Waals surface area contributed by atoms with E-state index in [1.165, 1.54) is 11.8 Å². The van der Waals surface area contributed by atoms with Gasteiger partial charge < -0.3 is 9.26 Å². The molecule has 1 unspecified atom stereocenters. The van der Waals surface area contributed by atoms with Crippen LogP contribution in [0.4, 0.5) is 0 Å². The van der Waals surface area contributed by atoms with E-state index in [1.807, 2.05) is 37.5 Å². The largest absolute Gasteiger partial charge is 0.486 e. The van der Waals surface area contributed by atoms with E-state index in [4.69, 9.17) is 20.9 Å². The highest BCUT2D eigenvalue weighted by Gasteiger charge is 2.21. The van der Waals surface area contributed by atoms with Crippen LogP contribution in [-0.2, 0) is 13.2 Å². The molecule has 0 amide bonds. The van der Waals surface area contributed by atoms with Crippen molar-refractivity contribution in [2.45, 2.75) is 50.2 Å². The van der Waals surface area contributed by atoms with Gasteiger partial charge in [-0.3, -0.25) is 4.57 Å². The highest BCUT2D eigenvalue weighted by Crippen LogP contribution is 2.33. The summed E-state index contributed by atoms with van der Waals surface area (Å²) in [5.41, 5.74) is 0. The number of hydrogen-bond acceptors (Lipinski definition) is 7. The van der Waals surface area contributed by atoms with E-state index in [2.05, 4.69) is 26.9 Å². The monoisotopic (exact) mass is 419 g/mol. The van der Waals surface area contributed by atoms with Crippen molar-refractivity contribution < 1.29 is 9.26 Å². The van der Waals surface area contributed by atoms with Crippen LogP contribution in [0.25, 0.3) is 0 Å². The van der Waals surface area contributed by atoms with Crippen molar-refractivity contribution in [3.8, 4) is 5.75 Å². The number of allylic oxidation sites excluding steroid dienone is 1. The molecule has 3 rings (SSSR count). The third-order valence-electron chi connectivity index (χ3n) is 3.89. The number of thioether (sulfide) groups is 1. The van der Waals surface area contributed by atoms with Crippen LogP contribution in [0.15, 0.2) is 46.6 Å². The van der Waals surface area contributed by atoms with Gasteiger partial charge in [-0.05, 0) is 31.2 Å². The number of nitrogens with zero attached hydrogens (tertiary/aromatic N) is 5. The molecule has 3 aromatic rings. The van der Waals surface area contributed by atoms with E-state index in [0.29, 0.717) is 34.9 Å². The van der Waals surface area contributed by atoms with Gasteiger partial charge >= 0.3 is 0 Å². The molecule has 0 saturated carbocycles. The third-order valence-corrected chi connectivity index (χ3v) is 5.21. The fourth-order valence-corrected chi connectivity index (χ4v) is 3.39. The van der Waals surface area contributed by atoms with Gasteiger partial charge in [0, 0.05) is 17.5 Å². The van der Waals surface area contributed by atoms with Crippen molar-refractivity contribution in [2.75, 3.05) is 0 Å². The normalized spacial score (nSPS) is 12.3. The number of aromatic nitrogens is 5. The average molecular weight is 420 g/mol. The summed E-state index contributed by atoms with van der Waals surface area (Å²) in [6.07, 6.45) is 1.80. The topological polar surface area (TPSA) is 78.9 Å². The number of rotatable bonds is 9. The zero-order chi connectivity index (χ0) is 20.1. The Hall–Kier alpha value is -2.32. The summed E-state index contributed by atoms with van der Waals surface area (Å²) >= 11 is 7.41.